The quantitative estimate of drug-likeness (QED) is 0.657. The van der Waals surface area contributed by atoms with Crippen molar-refractivity contribution in [3.8, 4) is 0 Å². The van der Waals surface area contributed by atoms with Gasteiger partial charge < -0.3 is 16.4 Å². The molecular weight excluding hydrogens is 234 g/mol. The molecule has 4 N–H and O–H groups in total. The Hall–Kier alpha value is -2.18. The van der Waals surface area contributed by atoms with E-state index in [1.807, 2.05) is 13.8 Å². The summed E-state index contributed by atoms with van der Waals surface area (Å²) in [4.78, 5) is 30.5. The minimum atomic E-state index is -0.477. The lowest BCUT2D eigenvalue weighted by molar-refractivity contribution is -0.120. The molecule has 7 nitrogen and oxygen atoms in total. The van der Waals surface area contributed by atoms with Crippen LogP contribution in [0.4, 0.5) is 5.82 Å². The van der Waals surface area contributed by atoms with Gasteiger partial charge in [-0.1, -0.05) is 13.8 Å². The van der Waals surface area contributed by atoms with Gasteiger partial charge >= 0.3 is 0 Å². The maximum absolute atomic E-state index is 11.6. The van der Waals surface area contributed by atoms with E-state index < -0.39 is 5.91 Å². The second-order valence-corrected chi connectivity index (χ2v) is 4.21. The SMILES string of the molecule is CC(C)CNC(=O)CNC(=O)c1cncc(N)n1. The normalized spacial score (nSPS) is 10.2. The molecule has 0 unspecified atom stereocenters. The molecule has 98 valence electrons. The molecule has 0 saturated heterocycles. The van der Waals surface area contributed by atoms with Crippen molar-refractivity contribution < 1.29 is 9.59 Å². The van der Waals surface area contributed by atoms with Crippen molar-refractivity contribution in [1.82, 2.24) is 20.6 Å². The highest BCUT2D eigenvalue weighted by Crippen LogP contribution is 1.96. The molecule has 0 bridgehead atoms. The lowest BCUT2D eigenvalue weighted by Crippen LogP contribution is -2.38. The number of hydrogen-bond acceptors (Lipinski definition) is 5. The van der Waals surface area contributed by atoms with Crippen LogP contribution in [0.3, 0.4) is 0 Å². The van der Waals surface area contributed by atoms with E-state index in [0.717, 1.165) is 0 Å². The molecule has 0 atom stereocenters. The maximum atomic E-state index is 11.6. The van der Waals surface area contributed by atoms with Gasteiger partial charge in [-0.25, -0.2) is 4.98 Å². The fourth-order valence-electron chi connectivity index (χ4n) is 1.12. The predicted molar refractivity (Wildman–Crippen MR) is 66.6 cm³/mol. The number of nitrogens with two attached hydrogens (primary N) is 1. The van der Waals surface area contributed by atoms with Crippen LogP contribution >= 0.6 is 0 Å². The van der Waals surface area contributed by atoms with Gasteiger partial charge in [-0.2, -0.15) is 0 Å². The number of hydrogen-bond donors (Lipinski definition) is 3. The number of anilines is 1. The van der Waals surface area contributed by atoms with Crippen molar-refractivity contribution in [3.63, 3.8) is 0 Å². The molecule has 0 radical (unpaired) electrons. The van der Waals surface area contributed by atoms with Gasteiger partial charge in [0.15, 0.2) is 0 Å². The number of aromatic nitrogens is 2. The van der Waals surface area contributed by atoms with Gasteiger partial charge in [0.2, 0.25) is 5.91 Å². The zero-order valence-corrected chi connectivity index (χ0v) is 10.4. The first-order valence-electron chi connectivity index (χ1n) is 5.61. The van der Waals surface area contributed by atoms with Gasteiger partial charge in [0.25, 0.3) is 5.91 Å². The van der Waals surface area contributed by atoms with Gasteiger partial charge in [-0.05, 0) is 5.92 Å². The molecule has 7 heteroatoms. The third-order valence-corrected chi connectivity index (χ3v) is 2.00. The van der Waals surface area contributed by atoms with Gasteiger partial charge in [0.05, 0.1) is 18.9 Å². The summed E-state index contributed by atoms with van der Waals surface area (Å²) in [5.74, 6) is -0.195. The largest absolute Gasteiger partial charge is 0.382 e. The van der Waals surface area contributed by atoms with Gasteiger partial charge in [0.1, 0.15) is 11.5 Å². The molecule has 1 rings (SSSR count). The Morgan fingerprint density at radius 1 is 1.33 bits per heavy atom. The second kappa shape index (κ2) is 6.53. The van der Waals surface area contributed by atoms with Crippen LogP contribution in [0.1, 0.15) is 24.3 Å². The van der Waals surface area contributed by atoms with Crippen LogP contribution in [-0.4, -0.2) is 34.9 Å². The van der Waals surface area contributed by atoms with E-state index in [1.54, 1.807) is 0 Å². The highest BCUT2D eigenvalue weighted by molar-refractivity contribution is 5.94. The van der Waals surface area contributed by atoms with Crippen LogP contribution in [0, 0.1) is 5.92 Å². The zero-order valence-electron chi connectivity index (χ0n) is 10.4. The molecule has 2 amide bonds. The number of carbonyl (C=O) groups is 2. The van der Waals surface area contributed by atoms with Crippen LogP contribution in [0.25, 0.3) is 0 Å². The number of nitrogen functional groups attached to an aromatic ring is 1. The van der Waals surface area contributed by atoms with E-state index in [4.69, 9.17) is 5.73 Å². The monoisotopic (exact) mass is 251 g/mol. The Balaban J connectivity index is 2.39. The summed E-state index contributed by atoms with van der Waals surface area (Å²) in [6, 6.07) is 0. The van der Waals surface area contributed by atoms with Gasteiger partial charge in [-0.15, -0.1) is 0 Å². The Morgan fingerprint density at radius 3 is 2.67 bits per heavy atom. The summed E-state index contributed by atoms with van der Waals surface area (Å²) in [6.45, 7) is 4.46. The number of rotatable bonds is 5. The first-order valence-corrected chi connectivity index (χ1v) is 5.61. The molecule has 0 aliphatic rings. The molecule has 1 aromatic rings. The molecule has 0 aliphatic heterocycles. The first kappa shape index (κ1) is 13.9. The highest BCUT2D eigenvalue weighted by Gasteiger charge is 2.10. The van der Waals surface area contributed by atoms with Crippen LogP contribution in [0.15, 0.2) is 12.4 Å². The fourth-order valence-corrected chi connectivity index (χ4v) is 1.12. The number of amides is 2. The molecule has 1 aromatic heterocycles. The molecule has 0 aliphatic carbocycles. The highest BCUT2D eigenvalue weighted by atomic mass is 16.2. The van der Waals surface area contributed by atoms with Gasteiger partial charge in [-0.3, -0.25) is 14.6 Å². The Morgan fingerprint density at radius 2 is 2.06 bits per heavy atom. The predicted octanol–water partition coefficient (Wildman–Crippen LogP) is -0.439. The molecular formula is C11H17N5O2. The maximum Gasteiger partial charge on any atom is 0.272 e. The van der Waals surface area contributed by atoms with Crippen LogP contribution in [0.5, 0.6) is 0 Å². The van der Waals surface area contributed by atoms with E-state index in [1.165, 1.54) is 12.4 Å². The third kappa shape index (κ3) is 4.77. The minimum absolute atomic E-state index is 0.0895. The van der Waals surface area contributed by atoms with E-state index >= 15 is 0 Å². The lowest BCUT2D eigenvalue weighted by atomic mass is 10.2. The summed E-state index contributed by atoms with van der Waals surface area (Å²) in [7, 11) is 0. The molecule has 0 saturated carbocycles. The minimum Gasteiger partial charge on any atom is -0.382 e. The van der Waals surface area contributed by atoms with Crippen LogP contribution in [-0.2, 0) is 4.79 Å². The molecule has 0 aromatic carbocycles. The Labute approximate surface area is 105 Å². The van der Waals surface area contributed by atoms with E-state index in [0.29, 0.717) is 12.5 Å². The lowest BCUT2D eigenvalue weighted by Gasteiger charge is -2.08. The van der Waals surface area contributed by atoms with Crippen molar-refractivity contribution in [3.05, 3.63) is 18.1 Å². The number of nitrogens with one attached hydrogen (secondary N) is 2. The fraction of sp³-hybridized carbons (Fsp3) is 0.455. The van der Waals surface area contributed by atoms with E-state index in [2.05, 4.69) is 20.6 Å². The molecule has 0 spiro atoms. The molecule has 1 heterocycles. The van der Waals surface area contributed by atoms with E-state index in [-0.39, 0.29) is 24.0 Å². The second-order valence-electron chi connectivity index (χ2n) is 4.21. The Bertz CT molecular complexity index is 433. The Kier molecular flexibility index (Phi) is 5.04. The average Bonchev–Trinajstić information content (AvgIpc) is 2.33. The molecule has 18 heavy (non-hydrogen) atoms. The van der Waals surface area contributed by atoms with E-state index in [9.17, 15) is 9.59 Å². The van der Waals surface area contributed by atoms with Crippen molar-refractivity contribution in [2.75, 3.05) is 18.8 Å². The van der Waals surface area contributed by atoms with Crippen LogP contribution < -0.4 is 16.4 Å². The summed E-state index contributed by atoms with van der Waals surface area (Å²) >= 11 is 0. The van der Waals surface area contributed by atoms with Crippen molar-refractivity contribution in [2.45, 2.75) is 13.8 Å². The summed E-state index contributed by atoms with van der Waals surface area (Å²) < 4.78 is 0. The smallest absolute Gasteiger partial charge is 0.272 e. The topological polar surface area (TPSA) is 110 Å². The average molecular weight is 251 g/mol. The summed E-state index contributed by atoms with van der Waals surface area (Å²) in [5, 5.41) is 5.13. The summed E-state index contributed by atoms with van der Waals surface area (Å²) in [6.07, 6.45) is 2.63. The standard InChI is InChI=1S/C11H17N5O2/c1-7(2)3-14-10(17)6-15-11(18)8-4-13-5-9(12)16-8/h4-5,7H,3,6H2,1-2H3,(H2,12,16)(H,14,17)(H,15,18). The molecule has 0 fully saturated rings. The van der Waals surface area contributed by atoms with Crippen molar-refractivity contribution >= 4 is 17.6 Å². The van der Waals surface area contributed by atoms with Crippen molar-refractivity contribution in [2.24, 2.45) is 5.92 Å². The van der Waals surface area contributed by atoms with Crippen molar-refractivity contribution in [1.29, 1.82) is 0 Å². The zero-order chi connectivity index (χ0) is 13.5. The first-order chi connectivity index (χ1) is 8.49. The van der Waals surface area contributed by atoms with Crippen LogP contribution in [0.2, 0.25) is 0 Å². The third-order valence-electron chi connectivity index (χ3n) is 2.00. The number of nitrogens with zero attached hydrogens (tertiary/aromatic N) is 2. The number of carbonyl (C=O) groups excluding carboxylic acids is 2. The summed E-state index contributed by atoms with van der Waals surface area (Å²) in [5.41, 5.74) is 5.49. The van der Waals surface area contributed by atoms with Gasteiger partial charge in [0, 0.05) is 6.54 Å².